The smallest absolute Gasteiger partial charge is 0.154 e. The van der Waals surface area contributed by atoms with Gasteiger partial charge in [0.05, 0.1) is 0 Å². The van der Waals surface area contributed by atoms with E-state index in [0.717, 1.165) is 6.42 Å². The fraction of sp³-hybridized carbons (Fsp3) is 1.00. The Morgan fingerprint density at radius 3 is 1.81 bits per heavy atom. The fourth-order valence-electron chi connectivity index (χ4n) is 1.75. The molecule has 0 amide bonds. The third-order valence-electron chi connectivity index (χ3n) is 2.91. The predicted octanol–water partition coefficient (Wildman–Crippen LogP) is 4.26. The van der Waals surface area contributed by atoms with Crippen LogP contribution in [0.4, 0.5) is 0 Å². The van der Waals surface area contributed by atoms with E-state index in [1.165, 1.54) is 51.4 Å². The highest BCUT2D eigenvalue weighted by molar-refractivity contribution is 4.47. The lowest BCUT2D eigenvalue weighted by atomic mass is 10.1. The molecule has 1 atom stereocenters. The topological polar surface area (TPSA) is 29.5 Å². The van der Waals surface area contributed by atoms with Crippen LogP contribution in [0.1, 0.15) is 78.1 Å². The fourth-order valence-corrected chi connectivity index (χ4v) is 1.75. The number of hydrogen-bond acceptors (Lipinski definition) is 2. The normalized spacial score (nSPS) is 12.9. The predicted molar refractivity (Wildman–Crippen MR) is 69.5 cm³/mol. The molecular weight excluding hydrogens is 200 g/mol. The Labute approximate surface area is 101 Å². The van der Waals surface area contributed by atoms with Crippen LogP contribution in [0.3, 0.4) is 0 Å². The molecule has 2 nitrogen and oxygen atoms in total. The van der Waals surface area contributed by atoms with Crippen LogP contribution in [-0.2, 0) is 4.74 Å². The largest absolute Gasteiger partial charge is 0.368 e. The van der Waals surface area contributed by atoms with Crippen LogP contribution < -0.4 is 0 Å². The first-order valence-electron chi connectivity index (χ1n) is 7.11. The van der Waals surface area contributed by atoms with Crippen molar-refractivity contribution >= 4 is 0 Å². The molecule has 0 aromatic heterocycles. The summed E-state index contributed by atoms with van der Waals surface area (Å²) in [4.78, 5) is 0. The zero-order chi connectivity index (χ0) is 12.1. The first-order valence-corrected chi connectivity index (χ1v) is 7.11. The first kappa shape index (κ1) is 15.9. The molecule has 0 aliphatic rings. The maximum atomic E-state index is 9.16. The van der Waals surface area contributed by atoms with Crippen molar-refractivity contribution in [3.8, 4) is 0 Å². The molecule has 0 radical (unpaired) electrons. The van der Waals surface area contributed by atoms with Crippen molar-refractivity contribution in [2.75, 3.05) is 6.61 Å². The van der Waals surface area contributed by atoms with Crippen molar-refractivity contribution in [1.82, 2.24) is 0 Å². The monoisotopic (exact) mass is 230 g/mol. The van der Waals surface area contributed by atoms with Gasteiger partial charge in [-0.05, 0) is 12.8 Å². The van der Waals surface area contributed by atoms with Crippen molar-refractivity contribution in [3.63, 3.8) is 0 Å². The van der Waals surface area contributed by atoms with E-state index in [9.17, 15) is 0 Å². The van der Waals surface area contributed by atoms with Crippen molar-refractivity contribution < 1.29 is 9.84 Å². The van der Waals surface area contributed by atoms with Crippen molar-refractivity contribution in [1.29, 1.82) is 0 Å². The molecule has 0 bridgehead atoms. The molecule has 0 fully saturated rings. The van der Waals surface area contributed by atoms with Gasteiger partial charge in [-0.2, -0.15) is 0 Å². The molecule has 0 rings (SSSR count). The van der Waals surface area contributed by atoms with Crippen LogP contribution in [-0.4, -0.2) is 18.0 Å². The maximum Gasteiger partial charge on any atom is 0.154 e. The molecule has 0 saturated carbocycles. The average Bonchev–Trinajstić information content (AvgIpc) is 2.31. The van der Waals surface area contributed by atoms with Crippen molar-refractivity contribution in [2.24, 2.45) is 0 Å². The van der Waals surface area contributed by atoms with Gasteiger partial charge in [-0.15, -0.1) is 0 Å². The van der Waals surface area contributed by atoms with Crippen molar-refractivity contribution in [2.45, 2.75) is 84.3 Å². The summed E-state index contributed by atoms with van der Waals surface area (Å²) in [6.07, 6.45) is 12.1. The van der Waals surface area contributed by atoms with Crippen LogP contribution in [0, 0.1) is 0 Å². The Kier molecular flexibility index (Phi) is 12.9. The highest BCUT2D eigenvalue weighted by Gasteiger charge is 1.98. The van der Waals surface area contributed by atoms with Gasteiger partial charge >= 0.3 is 0 Å². The summed E-state index contributed by atoms with van der Waals surface area (Å²) in [5.74, 6) is 0. The van der Waals surface area contributed by atoms with Crippen LogP contribution in [0.5, 0.6) is 0 Å². The molecule has 98 valence electrons. The van der Waals surface area contributed by atoms with E-state index in [4.69, 9.17) is 9.84 Å². The van der Waals surface area contributed by atoms with Crippen LogP contribution in [0.15, 0.2) is 0 Å². The standard InChI is InChI=1S/C14H30O2/c1-3-5-6-7-8-9-10-11-12-13-16-14(15)4-2/h14-15H,3-13H2,1-2H3. The number of unbranched alkanes of at least 4 members (excludes halogenated alkanes) is 8. The molecular formula is C14H30O2. The Bertz CT molecular complexity index is 126. The highest BCUT2D eigenvalue weighted by Crippen LogP contribution is 2.09. The Morgan fingerprint density at radius 2 is 1.31 bits per heavy atom. The number of hydrogen-bond donors (Lipinski definition) is 1. The summed E-state index contributed by atoms with van der Waals surface area (Å²) >= 11 is 0. The minimum Gasteiger partial charge on any atom is -0.368 e. The Balaban J connectivity index is 2.93. The second kappa shape index (κ2) is 13.0. The third-order valence-corrected chi connectivity index (χ3v) is 2.91. The van der Waals surface area contributed by atoms with Gasteiger partial charge < -0.3 is 9.84 Å². The summed E-state index contributed by atoms with van der Waals surface area (Å²) in [6.45, 7) is 4.90. The second-order valence-corrected chi connectivity index (χ2v) is 4.56. The summed E-state index contributed by atoms with van der Waals surface area (Å²) < 4.78 is 5.21. The number of aliphatic hydroxyl groups excluding tert-OH is 1. The van der Waals surface area contributed by atoms with Gasteiger partial charge in [0.15, 0.2) is 6.29 Å². The first-order chi connectivity index (χ1) is 7.81. The number of rotatable bonds is 12. The second-order valence-electron chi connectivity index (χ2n) is 4.56. The molecule has 0 aliphatic heterocycles. The molecule has 0 aromatic rings. The highest BCUT2D eigenvalue weighted by atomic mass is 16.6. The van der Waals surface area contributed by atoms with Crippen molar-refractivity contribution in [3.05, 3.63) is 0 Å². The SMILES string of the molecule is CCCCCCCCCCCOC(O)CC. The minimum atomic E-state index is -0.547. The van der Waals surface area contributed by atoms with Gasteiger partial charge in [0, 0.05) is 6.61 Å². The van der Waals surface area contributed by atoms with Gasteiger partial charge in [0.1, 0.15) is 0 Å². The molecule has 0 saturated heterocycles. The summed E-state index contributed by atoms with van der Waals surface area (Å²) in [5, 5.41) is 9.16. The molecule has 0 heterocycles. The van der Waals surface area contributed by atoms with E-state index in [1.54, 1.807) is 0 Å². The van der Waals surface area contributed by atoms with Crippen LogP contribution in [0.25, 0.3) is 0 Å². The van der Waals surface area contributed by atoms with E-state index in [2.05, 4.69) is 6.92 Å². The lowest BCUT2D eigenvalue weighted by Gasteiger charge is -2.08. The van der Waals surface area contributed by atoms with Gasteiger partial charge in [-0.25, -0.2) is 0 Å². The van der Waals surface area contributed by atoms with Gasteiger partial charge in [0.25, 0.3) is 0 Å². The summed E-state index contributed by atoms with van der Waals surface area (Å²) in [5.41, 5.74) is 0. The van der Waals surface area contributed by atoms with Crippen LogP contribution >= 0.6 is 0 Å². The quantitative estimate of drug-likeness (QED) is 0.401. The average molecular weight is 230 g/mol. The molecule has 0 spiro atoms. The molecule has 0 aliphatic carbocycles. The van der Waals surface area contributed by atoms with Gasteiger partial charge in [-0.3, -0.25) is 0 Å². The van der Waals surface area contributed by atoms with Crippen LogP contribution in [0.2, 0.25) is 0 Å². The molecule has 0 aromatic carbocycles. The lowest BCUT2D eigenvalue weighted by Crippen LogP contribution is -2.10. The van der Waals surface area contributed by atoms with E-state index in [1.807, 2.05) is 6.92 Å². The molecule has 1 N–H and O–H groups in total. The molecule has 16 heavy (non-hydrogen) atoms. The summed E-state index contributed by atoms with van der Waals surface area (Å²) in [7, 11) is 0. The number of ether oxygens (including phenoxy) is 1. The van der Waals surface area contributed by atoms with E-state index in [0.29, 0.717) is 13.0 Å². The lowest BCUT2D eigenvalue weighted by molar-refractivity contribution is -0.101. The zero-order valence-electron chi connectivity index (χ0n) is 11.2. The Morgan fingerprint density at radius 1 is 0.812 bits per heavy atom. The minimum absolute atomic E-state index is 0.547. The Hall–Kier alpha value is -0.0800. The number of aliphatic hydroxyl groups is 1. The maximum absolute atomic E-state index is 9.16. The summed E-state index contributed by atoms with van der Waals surface area (Å²) in [6, 6.07) is 0. The van der Waals surface area contributed by atoms with Gasteiger partial charge in [0.2, 0.25) is 0 Å². The van der Waals surface area contributed by atoms with E-state index in [-0.39, 0.29) is 0 Å². The third kappa shape index (κ3) is 12.0. The van der Waals surface area contributed by atoms with E-state index >= 15 is 0 Å². The molecule has 1 unspecified atom stereocenters. The molecule has 2 heteroatoms. The zero-order valence-corrected chi connectivity index (χ0v) is 11.2. The van der Waals surface area contributed by atoms with Gasteiger partial charge in [-0.1, -0.05) is 65.2 Å². The van der Waals surface area contributed by atoms with E-state index < -0.39 is 6.29 Å².